The Morgan fingerprint density at radius 3 is 2.39 bits per heavy atom. The summed E-state index contributed by atoms with van der Waals surface area (Å²) in [4.78, 5) is 12.1. The van der Waals surface area contributed by atoms with Crippen LogP contribution in [0.5, 0.6) is 0 Å². The van der Waals surface area contributed by atoms with Crippen LogP contribution < -0.4 is 10.6 Å². The lowest BCUT2D eigenvalue weighted by Gasteiger charge is -2.34. The fraction of sp³-hybridized carbons (Fsp3) is 0.706. The van der Waals surface area contributed by atoms with Gasteiger partial charge in [0.05, 0.1) is 6.54 Å². The first-order valence-corrected chi connectivity index (χ1v) is 9.53. The predicted octanol–water partition coefficient (Wildman–Crippen LogP) is 1.61. The number of guanidine groups is 1. The van der Waals surface area contributed by atoms with E-state index in [1.54, 1.807) is 0 Å². The molecule has 0 atom stereocenters. The zero-order valence-electron chi connectivity index (χ0n) is 14.8. The van der Waals surface area contributed by atoms with Crippen molar-refractivity contribution in [1.82, 2.24) is 20.4 Å². The zero-order chi connectivity index (χ0) is 16.5. The molecule has 2 heterocycles. The topological polar surface area (TPSA) is 42.9 Å². The van der Waals surface area contributed by atoms with Crippen LogP contribution in [0, 0.1) is 0 Å². The van der Waals surface area contributed by atoms with Gasteiger partial charge in [0.2, 0.25) is 0 Å². The van der Waals surface area contributed by atoms with Gasteiger partial charge in [-0.05, 0) is 25.1 Å². The van der Waals surface area contributed by atoms with Crippen LogP contribution in [0.4, 0.5) is 0 Å². The highest BCUT2D eigenvalue weighted by Gasteiger charge is 2.14. The Kier molecular flexibility index (Phi) is 7.85. The lowest BCUT2D eigenvalue weighted by molar-refractivity contribution is 0.139. The number of nitrogens with one attached hydrogen (secondary N) is 2. The minimum absolute atomic E-state index is 0.847. The molecule has 0 aromatic carbocycles. The molecule has 6 heteroatoms. The number of nitrogens with zero attached hydrogens (tertiary/aromatic N) is 3. The zero-order valence-corrected chi connectivity index (χ0v) is 15.6. The maximum Gasteiger partial charge on any atom is 0.191 e. The van der Waals surface area contributed by atoms with Gasteiger partial charge in [-0.2, -0.15) is 0 Å². The monoisotopic (exact) mass is 337 g/mol. The average molecular weight is 338 g/mol. The molecular formula is C17H31N5S. The molecule has 1 aliphatic heterocycles. The van der Waals surface area contributed by atoms with E-state index in [1.165, 1.54) is 42.5 Å². The molecule has 1 saturated heterocycles. The maximum atomic E-state index is 4.31. The molecule has 0 spiro atoms. The van der Waals surface area contributed by atoms with Crippen molar-refractivity contribution in [3.8, 4) is 0 Å². The normalized spacial score (nSPS) is 17.4. The van der Waals surface area contributed by atoms with Crippen molar-refractivity contribution in [3.05, 3.63) is 21.9 Å². The van der Waals surface area contributed by atoms with E-state index in [9.17, 15) is 0 Å². The number of hydrogen-bond acceptors (Lipinski definition) is 4. The van der Waals surface area contributed by atoms with Crippen LogP contribution in [0.25, 0.3) is 0 Å². The molecule has 2 rings (SSSR count). The van der Waals surface area contributed by atoms with Gasteiger partial charge in [-0.15, -0.1) is 11.3 Å². The van der Waals surface area contributed by atoms with Crippen molar-refractivity contribution in [2.75, 3.05) is 52.9 Å². The van der Waals surface area contributed by atoms with Crippen molar-refractivity contribution in [2.24, 2.45) is 4.99 Å². The van der Waals surface area contributed by atoms with Gasteiger partial charge in [-0.3, -0.25) is 9.89 Å². The van der Waals surface area contributed by atoms with E-state index in [-0.39, 0.29) is 0 Å². The van der Waals surface area contributed by atoms with E-state index in [4.69, 9.17) is 0 Å². The molecule has 1 aromatic rings. The van der Waals surface area contributed by atoms with Crippen molar-refractivity contribution in [2.45, 2.75) is 26.8 Å². The highest BCUT2D eigenvalue weighted by atomic mass is 32.1. The third-order valence-electron chi connectivity index (χ3n) is 4.35. The largest absolute Gasteiger partial charge is 0.355 e. The average Bonchev–Trinajstić information content (AvgIpc) is 3.06. The van der Waals surface area contributed by atoms with E-state index in [0.717, 1.165) is 32.0 Å². The van der Waals surface area contributed by atoms with Crippen molar-refractivity contribution in [1.29, 1.82) is 0 Å². The SMILES string of the molecule is CCc1ccc(CNC(=NC)NCCN2CCN(CC)CC2)s1. The van der Waals surface area contributed by atoms with Crippen molar-refractivity contribution in [3.63, 3.8) is 0 Å². The first-order valence-electron chi connectivity index (χ1n) is 8.72. The van der Waals surface area contributed by atoms with E-state index in [1.807, 2.05) is 18.4 Å². The van der Waals surface area contributed by atoms with Gasteiger partial charge < -0.3 is 15.5 Å². The highest BCUT2D eigenvalue weighted by Crippen LogP contribution is 2.16. The molecule has 0 unspecified atom stereocenters. The number of piperazine rings is 1. The number of aliphatic imine (C=N–C) groups is 1. The maximum absolute atomic E-state index is 4.31. The first kappa shape index (κ1) is 18.2. The van der Waals surface area contributed by atoms with Crippen LogP contribution in [0.3, 0.4) is 0 Å². The van der Waals surface area contributed by atoms with Gasteiger partial charge in [0, 0.05) is 56.1 Å². The molecule has 0 radical (unpaired) electrons. The number of likely N-dealkylation sites (N-methyl/N-ethyl adjacent to an activating group) is 1. The second-order valence-corrected chi connectivity index (χ2v) is 7.10. The molecule has 23 heavy (non-hydrogen) atoms. The minimum atomic E-state index is 0.847. The van der Waals surface area contributed by atoms with Crippen molar-refractivity contribution < 1.29 is 0 Å². The first-order chi connectivity index (χ1) is 11.2. The third-order valence-corrected chi connectivity index (χ3v) is 5.58. The smallest absolute Gasteiger partial charge is 0.191 e. The Bertz CT molecular complexity index is 477. The minimum Gasteiger partial charge on any atom is -0.355 e. The Labute approximate surface area is 144 Å². The van der Waals surface area contributed by atoms with Crippen LogP contribution >= 0.6 is 11.3 Å². The Morgan fingerprint density at radius 2 is 1.78 bits per heavy atom. The predicted molar refractivity (Wildman–Crippen MR) is 100 cm³/mol. The van der Waals surface area contributed by atoms with E-state index < -0.39 is 0 Å². The van der Waals surface area contributed by atoms with Gasteiger partial charge in [-0.25, -0.2) is 0 Å². The summed E-state index contributed by atoms with van der Waals surface area (Å²) in [6.07, 6.45) is 1.11. The third kappa shape index (κ3) is 6.12. The summed E-state index contributed by atoms with van der Waals surface area (Å²) in [5.41, 5.74) is 0. The second-order valence-electron chi connectivity index (χ2n) is 5.85. The summed E-state index contributed by atoms with van der Waals surface area (Å²) in [6.45, 7) is 13.2. The van der Waals surface area contributed by atoms with Crippen LogP contribution in [0.2, 0.25) is 0 Å². The van der Waals surface area contributed by atoms with E-state index in [2.05, 4.69) is 51.4 Å². The fourth-order valence-electron chi connectivity index (χ4n) is 2.76. The molecule has 0 amide bonds. The number of hydrogen-bond donors (Lipinski definition) is 2. The van der Waals surface area contributed by atoms with Gasteiger partial charge in [0.25, 0.3) is 0 Å². The highest BCUT2D eigenvalue weighted by molar-refractivity contribution is 7.11. The van der Waals surface area contributed by atoms with Gasteiger partial charge in [0.15, 0.2) is 5.96 Å². The summed E-state index contributed by atoms with van der Waals surface area (Å²) in [5.74, 6) is 0.892. The molecule has 1 aliphatic rings. The number of aryl methyl sites for hydroxylation is 1. The second kappa shape index (κ2) is 9.90. The van der Waals surface area contributed by atoms with Crippen molar-refractivity contribution >= 4 is 17.3 Å². The van der Waals surface area contributed by atoms with Gasteiger partial charge in [0.1, 0.15) is 0 Å². The Morgan fingerprint density at radius 1 is 1.09 bits per heavy atom. The molecule has 5 nitrogen and oxygen atoms in total. The summed E-state index contributed by atoms with van der Waals surface area (Å²) >= 11 is 1.88. The van der Waals surface area contributed by atoms with Crippen LogP contribution in [-0.2, 0) is 13.0 Å². The summed E-state index contributed by atoms with van der Waals surface area (Å²) < 4.78 is 0. The van der Waals surface area contributed by atoms with Crippen LogP contribution in [0.15, 0.2) is 17.1 Å². The summed E-state index contributed by atoms with van der Waals surface area (Å²) in [7, 11) is 1.83. The quantitative estimate of drug-likeness (QED) is 0.586. The molecular weight excluding hydrogens is 306 g/mol. The molecule has 0 bridgehead atoms. The molecule has 2 N–H and O–H groups in total. The van der Waals surface area contributed by atoms with Gasteiger partial charge in [-0.1, -0.05) is 13.8 Å². The molecule has 0 aliphatic carbocycles. The molecule has 1 aromatic heterocycles. The van der Waals surface area contributed by atoms with E-state index in [0.29, 0.717) is 0 Å². The number of thiophene rings is 1. The van der Waals surface area contributed by atoms with Crippen LogP contribution in [0.1, 0.15) is 23.6 Å². The summed E-state index contributed by atoms with van der Waals surface area (Å²) in [5, 5.41) is 6.82. The van der Waals surface area contributed by atoms with Gasteiger partial charge >= 0.3 is 0 Å². The molecule has 0 saturated carbocycles. The Hall–Kier alpha value is -1.11. The Balaban J connectivity index is 1.63. The lowest BCUT2D eigenvalue weighted by atomic mass is 10.3. The fourth-order valence-corrected chi connectivity index (χ4v) is 3.66. The van der Waals surface area contributed by atoms with E-state index >= 15 is 0 Å². The molecule has 1 fully saturated rings. The molecule has 130 valence electrons. The standard InChI is InChI=1S/C17H31N5S/c1-4-15-6-7-16(23-15)14-20-17(18-3)19-8-9-22-12-10-21(5-2)11-13-22/h6-7H,4-5,8-14H2,1-3H3,(H2,18,19,20). The lowest BCUT2D eigenvalue weighted by Crippen LogP contribution is -2.49. The van der Waals surface area contributed by atoms with Crippen LogP contribution in [-0.4, -0.2) is 68.6 Å². The summed E-state index contributed by atoms with van der Waals surface area (Å²) in [6, 6.07) is 4.42. The number of rotatable bonds is 7.